The Bertz CT molecular complexity index is 1070. The summed E-state index contributed by atoms with van der Waals surface area (Å²) in [5, 5.41) is 7.71. The van der Waals surface area contributed by atoms with E-state index >= 15 is 0 Å². The molecule has 3 aromatic rings. The third-order valence-electron chi connectivity index (χ3n) is 4.34. The normalized spacial score (nSPS) is 15.7. The molecule has 0 aliphatic carbocycles. The molecule has 1 aliphatic rings. The van der Waals surface area contributed by atoms with Crippen molar-refractivity contribution >= 4 is 39.0 Å². The summed E-state index contributed by atoms with van der Waals surface area (Å²) >= 11 is 0. The highest BCUT2D eigenvalue weighted by molar-refractivity contribution is 6.18. The summed E-state index contributed by atoms with van der Waals surface area (Å²) in [4.78, 5) is 24.8. The lowest BCUT2D eigenvalue weighted by Crippen LogP contribution is -2.47. The standard InChI is InChI=1S/C18H16N2O4/c1-18(2)17(22)19-15-10(20-18)8-7-9-13-11(23-3)5-4-6-12(13)24-16(21)14(9)15/h4-8,20H,1-3H3,(H,19,22). The van der Waals surface area contributed by atoms with Crippen molar-refractivity contribution in [1.29, 1.82) is 0 Å². The molecule has 6 heteroatoms. The van der Waals surface area contributed by atoms with E-state index in [4.69, 9.17) is 9.15 Å². The van der Waals surface area contributed by atoms with Gasteiger partial charge in [0, 0.05) is 5.39 Å². The first-order valence-corrected chi connectivity index (χ1v) is 7.58. The fourth-order valence-electron chi connectivity index (χ4n) is 3.10. The Morgan fingerprint density at radius 3 is 2.62 bits per heavy atom. The van der Waals surface area contributed by atoms with Crippen LogP contribution in [0.2, 0.25) is 0 Å². The fourth-order valence-corrected chi connectivity index (χ4v) is 3.10. The lowest BCUT2D eigenvalue weighted by Gasteiger charge is -2.33. The maximum absolute atomic E-state index is 12.5. The summed E-state index contributed by atoms with van der Waals surface area (Å²) in [5.74, 6) is 0.402. The number of amides is 1. The quantitative estimate of drug-likeness (QED) is 0.531. The van der Waals surface area contributed by atoms with Crippen LogP contribution in [0.25, 0.3) is 21.7 Å². The molecule has 0 unspecified atom stereocenters. The number of fused-ring (bicyclic) bond motifs is 5. The topological polar surface area (TPSA) is 80.6 Å². The van der Waals surface area contributed by atoms with Gasteiger partial charge in [0.1, 0.15) is 16.9 Å². The zero-order valence-electron chi connectivity index (χ0n) is 13.5. The summed E-state index contributed by atoms with van der Waals surface area (Å²) in [5.41, 5.74) is 0.328. The summed E-state index contributed by atoms with van der Waals surface area (Å²) < 4.78 is 10.9. The molecule has 0 saturated heterocycles. The molecule has 0 radical (unpaired) electrons. The number of benzene rings is 2. The first-order valence-electron chi connectivity index (χ1n) is 7.58. The predicted octanol–water partition coefficient (Wildman–Crippen LogP) is 3.10. The van der Waals surface area contributed by atoms with Gasteiger partial charge in [0.2, 0.25) is 5.91 Å². The van der Waals surface area contributed by atoms with Gasteiger partial charge < -0.3 is 19.8 Å². The van der Waals surface area contributed by atoms with Crippen molar-refractivity contribution in [3.8, 4) is 5.75 Å². The van der Waals surface area contributed by atoms with Gasteiger partial charge in [-0.15, -0.1) is 0 Å². The fraction of sp³-hybridized carbons (Fsp3) is 0.222. The molecule has 122 valence electrons. The number of rotatable bonds is 1. The van der Waals surface area contributed by atoms with E-state index in [1.165, 1.54) is 0 Å². The Kier molecular flexibility index (Phi) is 2.87. The minimum atomic E-state index is -0.755. The third-order valence-corrected chi connectivity index (χ3v) is 4.34. The van der Waals surface area contributed by atoms with E-state index in [2.05, 4.69) is 10.6 Å². The summed E-state index contributed by atoms with van der Waals surface area (Å²) in [6.45, 7) is 3.56. The Hall–Kier alpha value is -3.02. The summed E-state index contributed by atoms with van der Waals surface area (Å²) in [6.07, 6.45) is 0. The molecule has 0 saturated carbocycles. The second kappa shape index (κ2) is 4.74. The SMILES string of the molecule is COc1cccc2oc(=O)c3c4c(ccc3c12)NC(C)(C)C(=O)N4. The van der Waals surface area contributed by atoms with Crippen LogP contribution in [0.15, 0.2) is 39.5 Å². The number of hydrogen-bond acceptors (Lipinski definition) is 5. The van der Waals surface area contributed by atoms with Gasteiger partial charge in [-0.05, 0) is 32.0 Å². The minimum absolute atomic E-state index is 0.206. The molecule has 2 N–H and O–H groups in total. The largest absolute Gasteiger partial charge is 0.496 e. The van der Waals surface area contributed by atoms with Crippen LogP contribution in [-0.4, -0.2) is 18.6 Å². The predicted molar refractivity (Wildman–Crippen MR) is 92.9 cm³/mol. The molecular weight excluding hydrogens is 308 g/mol. The average Bonchev–Trinajstić information content (AvgIpc) is 2.54. The minimum Gasteiger partial charge on any atom is -0.496 e. The maximum Gasteiger partial charge on any atom is 0.346 e. The molecule has 1 aliphatic heterocycles. The van der Waals surface area contributed by atoms with Gasteiger partial charge >= 0.3 is 5.63 Å². The molecule has 6 nitrogen and oxygen atoms in total. The van der Waals surface area contributed by atoms with Crippen molar-refractivity contribution in [1.82, 2.24) is 0 Å². The number of anilines is 2. The van der Waals surface area contributed by atoms with Gasteiger partial charge in [0.05, 0.1) is 29.3 Å². The highest BCUT2D eigenvalue weighted by atomic mass is 16.5. The number of carbonyl (C=O) groups excluding carboxylic acids is 1. The average molecular weight is 324 g/mol. The van der Waals surface area contributed by atoms with Crippen LogP contribution in [-0.2, 0) is 4.79 Å². The monoisotopic (exact) mass is 324 g/mol. The van der Waals surface area contributed by atoms with Crippen molar-refractivity contribution in [2.75, 3.05) is 17.7 Å². The van der Waals surface area contributed by atoms with E-state index < -0.39 is 11.2 Å². The van der Waals surface area contributed by atoms with E-state index in [0.717, 1.165) is 0 Å². The third kappa shape index (κ3) is 1.89. The first-order chi connectivity index (χ1) is 11.4. The Balaban J connectivity index is 2.15. The first kappa shape index (κ1) is 14.6. The van der Waals surface area contributed by atoms with Gasteiger partial charge in [-0.3, -0.25) is 4.79 Å². The van der Waals surface area contributed by atoms with Gasteiger partial charge in [-0.1, -0.05) is 12.1 Å². The van der Waals surface area contributed by atoms with Crippen molar-refractivity contribution in [2.45, 2.75) is 19.4 Å². The van der Waals surface area contributed by atoms with E-state index in [1.807, 2.05) is 12.1 Å². The van der Waals surface area contributed by atoms with E-state index in [9.17, 15) is 9.59 Å². The van der Waals surface area contributed by atoms with Gasteiger partial charge in [-0.2, -0.15) is 0 Å². The van der Waals surface area contributed by atoms with Crippen molar-refractivity contribution < 1.29 is 13.9 Å². The molecular formula is C18H16N2O4. The molecule has 0 bridgehead atoms. The highest BCUT2D eigenvalue weighted by Crippen LogP contribution is 2.39. The smallest absolute Gasteiger partial charge is 0.346 e. The zero-order chi connectivity index (χ0) is 17.1. The molecule has 24 heavy (non-hydrogen) atoms. The molecule has 0 fully saturated rings. The second-order valence-electron chi connectivity index (χ2n) is 6.34. The number of nitrogens with one attached hydrogen (secondary N) is 2. The van der Waals surface area contributed by atoms with Crippen LogP contribution < -0.4 is 21.0 Å². The lowest BCUT2D eigenvalue weighted by molar-refractivity contribution is -0.119. The van der Waals surface area contributed by atoms with Gasteiger partial charge in [0.15, 0.2) is 0 Å². The number of methoxy groups -OCH3 is 1. The van der Waals surface area contributed by atoms with Gasteiger partial charge in [0.25, 0.3) is 0 Å². The van der Waals surface area contributed by atoms with Crippen LogP contribution >= 0.6 is 0 Å². The van der Waals surface area contributed by atoms with E-state index in [0.29, 0.717) is 38.9 Å². The second-order valence-corrected chi connectivity index (χ2v) is 6.34. The van der Waals surface area contributed by atoms with Crippen LogP contribution in [0, 0.1) is 0 Å². The molecule has 2 heterocycles. The lowest BCUT2D eigenvalue weighted by atomic mass is 9.97. The van der Waals surface area contributed by atoms with Crippen LogP contribution in [0.4, 0.5) is 11.4 Å². The number of ether oxygens (including phenoxy) is 1. The van der Waals surface area contributed by atoms with Crippen molar-refractivity contribution in [3.05, 3.63) is 40.8 Å². The molecule has 2 aromatic carbocycles. The Morgan fingerprint density at radius 2 is 1.88 bits per heavy atom. The van der Waals surface area contributed by atoms with E-state index in [-0.39, 0.29) is 5.91 Å². The molecule has 0 spiro atoms. The number of carbonyl (C=O) groups is 1. The van der Waals surface area contributed by atoms with Crippen molar-refractivity contribution in [3.63, 3.8) is 0 Å². The van der Waals surface area contributed by atoms with Gasteiger partial charge in [-0.25, -0.2) is 4.79 Å². The maximum atomic E-state index is 12.5. The summed E-state index contributed by atoms with van der Waals surface area (Å²) in [7, 11) is 1.57. The highest BCUT2D eigenvalue weighted by Gasteiger charge is 2.34. The molecule has 1 aromatic heterocycles. The van der Waals surface area contributed by atoms with Crippen LogP contribution in [0.1, 0.15) is 13.8 Å². The number of hydrogen-bond donors (Lipinski definition) is 2. The van der Waals surface area contributed by atoms with Crippen LogP contribution in [0.3, 0.4) is 0 Å². The van der Waals surface area contributed by atoms with Crippen LogP contribution in [0.5, 0.6) is 5.75 Å². The van der Waals surface area contributed by atoms with E-state index in [1.54, 1.807) is 39.2 Å². The zero-order valence-corrected chi connectivity index (χ0v) is 13.5. The molecule has 1 amide bonds. The Morgan fingerprint density at radius 1 is 1.08 bits per heavy atom. The molecule has 4 rings (SSSR count). The summed E-state index contributed by atoms with van der Waals surface area (Å²) in [6, 6.07) is 8.99. The van der Waals surface area contributed by atoms with Crippen molar-refractivity contribution in [2.24, 2.45) is 0 Å². The Labute approximate surface area is 137 Å². The molecule has 0 atom stereocenters.